The van der Waals surface area contributed by atoms with Crippen LogP contribution in [0.4, 0.5) is 5.69 Å². The van der Waals surface area contributed by atoms with Crippen molar-refractivity contribution < 1.29 is 9.53 Å². The van der Waals surface area contributed by atoms with Gasteiger partial charge in [0.25, 0.3) is 5.88 Å². The zero-order valence-electron chi connectivity index (χ0n) is 19.1. The van der Waals surface area contributed by atoms with Crippen LogP contribution in [0.25, 0.3) is 16.7 Å². The number of hydrogen-bond donors (Lipinski definition) is 1. The second kappa shape index (κ2) is 8.47. The first-order chi connectivity index (χ1) is 16.4. The standard InChI is InChI=1S/C26H23N5O3/c1-16-10-8-12-19(18(16)3)27-23(32)15-30-26(33)31-21-13-6-5-11-20(21)28-25(24(31)29-30)34-22-14-7-4-9-17(22)2/h4-14H,15H2,1-3H3,(H,27,32). The van der Waals surface area contributed by atoms with E-state index >= 15 is 0 Å². The van der Waals surface area contributed by atoms with E-state index in [-0.39, 0.29) is 24.0 Å². The number of carbonyl (C=O) groups excluding carboxylic acids is 1. The fraction of sp³-hybridized carbons (Fsp3) is 0.154. The monoisotopic (exact) mass is 453 g/mol. The van der Waals surface area contributed by atoms with Crippen molar-refractivity contribution in [2.45, 2.75) is 27.3 Å². The minimum absolute atomic E-state index is 0.193. The Balaban J connectivity index is 1.57. The quantitative estimate of drug-likeness (QED) is 0.426. The molecule has 0 unspecified atom stereocenters. The van der Waals surface area contributed by atoms with Gasteiger partial charge in [0.1, 0.15) is 12.3 Å². The van der Waals surface area contributed by atoms with Gasteiger partial charge in [0, 0.05) is 5.69 Å². The number of hydrogen-bond acceptors (Lipinski definition) is 5. The molecular formula is C26H23N5O3. The maximum atomic E-state index is 13.3. The van der Waals surface area contributed by atoms with Crippen molar-refractivity contribution in [3.05, 3.63) is 93.9 Å². The lowest BCUT2D eigenvalue weighted by molar-refractivity contribution is -0.117. The average molecular weight is 454 g/mol. The highest BCUT2D eigenvalue weighted by atomic mass is 16.5. The number of carbonyl (C=O) groups is 1. The molecule has 2 heterocycles. The number of aryl methyl sites for hydroxylation is 2. The van der Waals surface area contributed by atoms with Gasteiger partial charge in [0.2, 0.25) is 11.6 Å². The van der Waals surface area contributed by atoms with Gasteiger partial charge >= 0.3 is 5.69 Å². The lowest BCUT2D eigenvalue weighted by atomic mass is 10.1. The van der Waals surface area contributed by atoms with Gasteiger partial charge < -0.3 is 10.1 Å². The number of nitrogens with one attached hydrogen (secondary N) is 1. The van der Waals surface area contributed by atoms with E-state index in [0.29, 0.717) is 22.5 Å². The molecule has 34 heavy (non-hydrogen) atoms. The van der Waals surface area contributed by atoms with E-state index in [1.54, 1.807) is 12.1 Å². The highest BCUT2D eigenvalue weighted by Gasteiger charge is 2.19. The van der Waals surface area contributed by atoms with Gasteiger partial charge in [-0.05, 0) is 61.7 Å². The van der Waals surface area contributed by atoms with Crippen LogP contribution in [-0.4, -0.2) is 25.1 Å². The van der Waals surface area contributed by atoms with Crippen molar-refractivity contribution in [2.75, 3.05) is 5.32 Å². The molecule has 0 bridgehead atoms. The lowest BCUT2D eigenvalue weighted by Gasteiger charge is -2.10. The van der Waals surface area contributed by atoms with Crippen molar-refractivity contribution in [3.8, 4) is 11.6 Å². The molecule has 0 saturated heterocycles. The van der Waals surface area contributed by atoms with Crippen LogP contribution in [0.3, 0.4) is 0 Å². The number of nitrogens with zero attached hydrogens (tertiary/aromatic N) is 4. The smallest absolute Gasteiger partial charge is 0.351 e. The molecule has 0 spiro atoms. The largest absolute Gasteiger partial charge is 0.436 e. The Hall–Kier alpha value is -4.46. The summed E-state index contributed by atoms with van der Waals surface area (Å²) in [5, 5.41) is 7.30. The minimum Gasteiger partial charge on any atom is -0.436 e. The van der Waals surface area contributed by atoms with E-state index in [1.165, 1.54) is 4.40 Å². The summed E-state index contributed by atoms with van der Waals surface area (Å²) in [6.07, 6.45) is 0. The predicted molar refractivity (Wildman–Crippen MR) is 131 cm³/mol. The molecule has 5 rings (SSSR count). The number of fused-ring (bicyclic) bond motifs is 3. The highest BCUT2D eigenvalue weighted by molar-refractivity contribution is 5.91. The average Bonchev–Trinajstić information content (AvgIpc) is 3.15. The lowest BCUT2D eigenvalue weighted by Crippen LogP contribution is -2.28. The number of aromatic nitrogens is 4. The first-order valence-electron chi connectivity index (χ1n) is 10.9. The summed E-state index contributed by atoms with van der Waals surface area (Å²) in [5.41, 5.74) is 4.63. The van der Waals surface area contributed by atoms with Crippen molar-refractivity contribution in [2.24, 2.45) is 0 Å². The molecule has 8 heteroatoms. The van der Waals surface area contributed by atoms with Crippen molar-refractivity contribution >= 4 is 28.3 Å². The van der Waals surface area contributed by atoms with Crippen LogP contribution in [0.5, 0.6) is 11.6 Å². The molecule has 1 amide bonds. The Morgan fingerprint density at radius 1 is 0.941 bits per heavy atom. The topological polar surface area (TPSA) is 90.5 Å². The van der Waals surface area contributed by atoms with E-state index in [1.807, 2.05) is 75.4 Å². The zero-order valence-corrected chi connectivity index (χ0v) is 19.1. The number of rotatable bonds is 5. The number of amides is 1. The maximum Gasteiger partial charge on any atom is 0.351 e. The molecule has 8 nitrogen and oxygen atoms in total. The molecule has 0 radical (unpaired) electrons. The van der Waals surface area contributed by atoms with E-state index in [0.717, 1.165) is 21.4 Å². The second-order valence-corrected chi connectivity index (χ2v) is 8.17. The summed E-state index contributed by atoms with van der Waals surface area (Å²) in [6.45, 7) is 5.60. The molecule has 0 fully saturated rings. The molecule has 3 aromatic carbocycles. The third kappa shape index (κ3) is 3.79. The van der Waals surface area contributed by atoms with E-state index < -0.39 is 5.69 Å². The summed E-state index contributed by atoms with van der Waals surface area (Å²) in [7, 11) is 0. The Kier molecular flexibility index (Phi) is 5.33. The minimum atomic E-state index is -0.445. The van der Waals surface area contributed by atoms with Gasteiger partial charge in [-0.3, -0.25) is 4.79 Å². The third-order valence-electron chi connectivity index (χ3n) is 5.85. The summed E-state index contributed by atoms with van der Waals surface area (Å²) >= 11 is 0. The Labute approximate surface area is 195 Å². The van der Waals surface area contributed by atoms with Gasteiger partial charge in [-0.15, -0.1) is 5.10 Å². The molecule has 0 saturated carbocycles. The number of para-hydroxylation sites is 3. The Morgan fingerprint density at radius 3 is 2.50 bits per heavy atom. The fourth-order valence-corrected chi connectivity index (χ4v) is 3.83. The normalized spacial score (nSPS) is 11.1. The van der Waals surface area contributed by atoms with Gasteiger partial charge in [-0.25, -0.2) is 18.9 Å². The van der Waals surface area contributed by atoms with Crippen LogP contribution in [0.15, 0.2) is 71.5 Å². The van der Waals surface area contributed by atoms with Gasteiger partial charge in [0.15, 0.2) is 0 Å². The summed E-state index contributed by atoms with van der Waals surface area (Å²) < 4.78 is 8.65. The van der Waals surface area contributed by atoms with Crippen LogP contribution >= 0.6 is 0 Å². The fourth-order valence-electron chi connectivity index (χ4n) is 3.83. The van der Waals surface area contributed by atoms with E-state index in [9.17, 15) is 9.59 Å². The molecular weight excluding hydrogens is 430 g/mol. The summed E-state index contributed by atoms with van der Waals surface area (Å²) in [4.78, 5) is 30.7. The van der Waals surface area contributed by atoms with E-state index in [2.05, 4.69) is 15.4 Å². The third-order valence-corrected chi connectivity index (χ3v) is 5.85. The molecule has 0 aliphatic carbocycles. The molecule has 170 valence electrons. The molecule has 5 aromatic rings. The van der Waals surface area contributed by atoms with Crippen LogP contribution in [0, 0.1) is 20.8 Å². The summed E-state index contributed by atoms with van der Waals surface area (Å²) in [5.74, 6) is 0.457. The number of ether oxygens (including phenoxy) is 1. The van der Waals surface area contributed by atoms with Crippen LogP contribution in [0.2, 0.25) is 0 Å². The predicted octanol–water partition coefficient (Wildman–Crippen LogP) is 4.40. The molecule has 1 N–H and O–H groups in total. The SMILES string of the molecule is Cc1ccccc1Oc1nc2ccccc2n2c(=O)n(CC(=O)Nc3cccc(C)c3C)nc12. The number of benzene rings is 3. The van der Waals surface area contributed by atoms with Gasteiger partial charge in [-0.1, -0.05) is 42.5 Å². The first-order valence-corrected chi connectivity index (χ1v) is 10.9. The van der Waals surface area contributed by atoms with Crippen molar-refractivity contribution in [1.82, 2.24) is 19.2 Å². The number of anilines is 1. The van der Waals surface area contributed by atoms with Crippen molar-refractivity contribution in [3.63, 3.8) is 0 Å². The Bertz CT molecular complexity index is 1620. The molecule has 0 aliphatic heterocycles. The molecule has 2 aromatic heterocycles. The Morgan fingerprint density at radius 2 is 1.68 bits per heavy atom. The first kappa shape index (κ1) is 21.4. The van der Waals surface area contributed by atoms with Crippen molar-refractivity contribution in [1.29, 1.82) is 0 Å². The summed E-state index contributed by atoms with van der Waals surface area (Å²) in [6, 6.07) is 20.5. The maximum absolute atomic E-state index is 13.3. The van der Waals surface area contributed by atoms with Crippen LogP contribution < -0.4 is 15.7 Å². The molecule has 0 atom stereocenters. The second-order valence-electron chi connectivity index (χ2n) is 8.17. The van der Waals surface area contributed by atoms with Crippen LogP contribution in [0.1, 0.15) is 16.7 Å². The van der Waals surface area contributed by atoms with Gasteiger partial charge in [0.05, 0.1) is 11.0 Å². The van der Waals surface area contributed by atoms with Gasteiger partial charge in [-0.2, -0.15) is 0 Å². The van der Waals surface area contributed by atoms with E-state index in [4.69, 9.17) is 4.74 Å². The zero-order chi connectivity index (χ0) is 23.8. The van der Waals surface area contributed by atoms with Crippen LogP contribution in [-0.2, 0) is 11.3 Å². The molecule has 0 aliphatic rings. The highest BCUT2D eigenvalue weighted by Crippen LogP contribution is 2.28.